The van der Waals surface area contributed by atoms with Gasteiger partial charge in [0.05, 0.1) is 12.2 Å². The van der Waals surface area contributed by atoms with E-state index in [9.17, 15) is 5.11 Å². The molecule has 2 N–H and O–H groups in total. The van der Waals surface area contributed by atoms with Crippen LogP contribution in [-0.4, -0.2) is 24.8 Å². The molecule has 0 amide bonds. The molecule has 2 rings (SSSR count). The van der Waals surface area contributed by atoms with E-state index >= 15 is 0 Å². The lowest BCUT2D eigenvalue weighted by Gasteiger charge is -2.39. The van der Waals surface area contributed by atoms with Gasteiger partial charge in [-0.3, -0.25) is 0 Å². The average molecular weight is 235 g/mol. The molecule has 1 fully saturated rings. The number of benzene rings is 1. The van der Waals surface area contributed by atoms with Crippen LogP contribution in [0.15, 0.2) is 24.3 Å². The van der Waals surface area contributed by atoms with Crippen molar-refractivity contribution in [2.75, 3.05) is 19.7 Å². The molecule has 3 nitrogen and oxygen atoms in total. The van der Waals surface area contributed by atoms with Crippen LogP contribution < -0.4 is 10.1 Å². The van der Waals surface area contributed by atoms with E-state index in [1.807, 2.05) is 31.2 Å². The lowest BCUT2D eigenvalue weighted by atomic mass is 9.77. The predicted octanol–water partition coefficient (Wildman–Crippen LogP) is 1.90. The molecule has 1 saturated heterocycles. The largest absolute Gasteiger partial charge is 0.493 e. The predicted molar refractivity (Wildman–Crippen MR) is 68.2 cm³/mol. The highest BCUT2D eigenvalue weighted by Crippen LogP contribution is 2.39. The Bertz CT molecular complexity index is 380. The molecule has 2 atom stereocenters. The third-order valence-corrected chi connectivity index (χ3v) is 3.60. The van der Waals surface area contributed by atoms with E-state index in [2.05, 4.69) is 12.2 Å². The van der Waals surface area contributed by atoms with Gasteiger partial charge >= 0.3 is 0 Å². The minimum atomic E-state index is -0.767. The van der Waals surface area contributed by atoms with Crippen molar-refractivity contribution < 1.29 is 9.84 Å². The smallest absolute Gasteiger partial charge is 0.125 e. The molecule has 3 heteroatoms. The molecule has 1 aliphatic heterocycles. The average Bonchev–Trinajstić information content (AvgIpc) is 2.34. The highest BCUT2D eigenvalue weighted by molar-refractivity contribution is 5.39. The van der Waals surface area contributed by atoms with Gasteiger partial charge in [-0.05, 0) is 26.0 Å². The molecule has 0 saturated carbocycles. The molecular weight excluding hydrogens is 214 g/mol. The first-order valence-corrected chi connectivity index (χ1v) is 6.34. The molecular formula is C14H21NO2. The topological polar surface area (TPSA) is 41.5 Å². The summed E-state index contributed by atoms with van der Waals surface area (Å²) < 4.78 is 5.62. The Labute approximate surface area is 103 Å². The zero-order chi connectivity index (χ0) is 12.3. The zero-order valence-electron chi connectivity index (χ0n) is 10.6. The molecule has 17 heavy (non-hydrogen) atoms. The third kappa shape index (κ3) is 2.31. The molecule has 0 spiro atoms. The second-order valence-corrected chi connectivity index (χ2v) is 4.71. The molecule has 2 unspecified atom stereocenters. The Balaban J connectivity index is 2.37. The first-order valence-electron chi connectivity index (χ1n) is 6.34. The lowest BCUT2D eigenvalue weighted by Crippen LogP contribution is -2.47. The standard InChI is InChI=1S/C14H21NO2/c1-3-17-13-7-5-4-6-12(13)14(16)8-9-15-10-11(14)2/h4-7,11,15-16H,3,8-10H2,1-2H3. The van der Waals surface area contributed by atoms with Gasteiger partial charge in [-0.1, -0.05) is 25.1 Å². The minimum Gasteiger partial charge on any atom is -0.493 e. The van der Waals surface area contributed by atoms with E-state index in [-0.39, 0.29) is 5.92 Å². The SMILES string of the molecule is CCOc1ccccc1C1(O)CCNCC1C. The van der Waals surface area contributed by atoms with E-state index in [1.54, 1.807) is 0 Å². The van der Waals surface area contributed by atoms with Gasteiger partial charge in [-0.25, -0.2) is 0 Å². The maximum Gasteiger partial charge on any atom is 0.125 e. The van der Waals surface area contributed by atoms with Gasteiger partial charge in [0.1, 0.15) is 5.75 Å². The molecule has 0 bridgehead atoms. The summed E-state index contributed by atoms with van der Waals surface area (Å²) in [5.41, 5.74) is 0.160. The molecule has 0 aliphatic carbocycles. The first-order chi connectivity index (χ1) is 8.18. The Kier molecular flexibility index (Phi) is 3.69. The number of ether oxygens (including phenoxy) is 1. The van der Waals surface area contributed by atoms with Crippen LogP contribution in [-0.2, 0) is 5.60 Å². The monoisotopic (exact) mass is 235 g/mol. The van der Waals surface area contributed by atoms with E-state index in [0.29, 0.717) is 6.61 Å². The summed E-state index contributed by atoms with van der Waals surface area (Å²) in [4.78, 5) is 0. The first kappa shape index (κ1) is 12.4. The summed E-state index contributed by atoms with van der Waals surface area (Å²) in [5, 5.41) is 14.2. The molecule has 0 aromatic heterocycles. The van der Waals surface area contributed by atoms with Gasteiger partial charge < -0.3 is 15.2 Å². The van der Waals surface area contributed by atoms with E-state index < -0.39 is 5.60 Å². The van der Waals surface area contributed by atoms with Crippen molar-refractivity contribution in [1.82, 2.24) is 5.32 Å². The van der Waals surface area contributed by atoms with Gasteiger partial charge in [-0.2, -0.15) is 0 Å². The van der Waals surface area contributed by atoms with Crippen LogP contribution in [0.25, 0.3) is 0 Å². The summed E-state index contributed by atoms with van der Waals surface area (Å²) in [5.74, 6) is 1.00. The minimum absolute atomic E-state index is 0.192. The van der Waals surface area contributed by atoms with Crippen LogP contribution in [0.3, 0.4) is 0 Å². The maximum absolute atomic E-state index is 10.9. The van der Waals surface area contributed by atoms with Crippen molar-refractivity contribution in [2.45, 2.75) is 25.9 Å². The van der Waals surface area contributed by atoms with Gasteiger partial charge in [0.2, 0.25) is 0 Å². The molecule has 1 aromatic rings. The molecule has 1 heterocycles. The number of hydrogen-bond donors (Lipinski definition) is 2. The second kappa shape index (κ2) is 5.07. The normalized spacial score (nSPS) is 29.0. The number of nitrogens with one attached hydrogen (secondary N) is 1. The van der Waals surface area contributed by atoms with Crippen molar-refractivity contribution in [2.24, 2.45) is 5.92 Å². The van der Waals surface area contributed by atoms with Crippen molar-refractivity contribution in [3.05, 3.63) is 29.8 Å². The molecule has 94 valence electrons. The van der Waals surface area contributed by atoms with Gasteiger partial charge in [0.15, 0.2) is 0 Å². The fourth-order valence-corrected chi connectivity index (χ4v) is 2.52. The number of piperidine rings is 1. The Hall–Kier alpha value is -1.06. The van der Waals surface area contributed by atoms with Crippen LogP contribution in [0.5, 0.6) is 5.75 Å². The third-order valence-electron chi connectivity index (χ3n) is 3.60. The second-order valence-electron chi connectivity index (χ2n) is 4.71. The van der Waals surface area contributed by atoms with Crippen molar-refractivity contribution >= 4 is 0 Å². The number of rotatable bonds is 3. The maximum atomic E-state index is 10.9. The Morgan fingerprint density at radius 1 is 1.47 bits per heavy atom. The summed E-state index contributed by atoms with van der Waals surface area (Å²) in [6, 6.07) is 7.83. The van der Waals surface area contributed by atoms with Crippen LogP contribution in [0.1, 0.15) is 25.8 Å². The van der Waals surface area contributed by atoms with E-state index in [0.717, 1.165) is 30.8 Å². The summed E-state index contributed by atoms with van der Waals surface area (Å²) in [6.07, 6.45) is 0.734. The van der Waals surface area contributed by atoms with Crippen molar-refractivity contribution in [3.8, 4) is 5.75 Å². The lowest BCUT2D eigenvalue weighted by molar-refractivity contribution is -0.0410. The van der Waals surface area contributed by atoms with E-state index in [4.69, 9.17) is 4.74 Å². The van der Waals surface area contributed by atoms with Crippen molar-refractivity contribution in [3.63, 3.8) is 0 Å². The number of para-hydroxylation sites is 1. The van der Waals surface area contributed by atoms with Crippen LogP contribution >= 0.6 is 0 Å². The van der Waals surface area contributed by atoms with Crippen molar-refractivity contribution in [1.29, 1.82) is 0 Å². The van der Waals surface area contributed by atoms with Crippen LogP contribution in [0, 0.1) is 5.92 Å². The quantitative estimate of drug-likeness (QED) is 0.841. The molecule has 0 radical (unpaired) electrons. The summed E-state index contributed by atoms with van der Waals surface area (Å²) >= 11 is 0. The molecule has 1 aromatic carbocycles. The van der Waals surface area contributed by atoms with Crippen LogP contribution in [0.4, 0.5) is 0 Å². The summed E-state index contributed by atoms with van der Waals surface area (Å²) in [6.45, 7) is 6.36. The highest BCUT2D eigenvalue weighted by atomic mass is 16.5. The highest BCUT2D eigenvalue weighted by Gasteiger charge is 2.39. The molecule has 1 aliphatic rings. The zero-order valence-corrected chi connectivity index (χ0v) is 10.6. The number of aliphatic hydroxyl groups is 1. The van der Waals surface area contributed by atoms with Crippen LogP contribution in [0.2, 0.25) is 0 Å². The fourth-order valence-electron chi connectivity index (χ4n) is 2.52. The summed E-state index contributed by atoms with van der Waals surface area (Å²) in [7, 11) is 0. The van der Waals surface area contributed by atoms with Gasteiger partial charge in [-0.15, -0.1) is 0 Å². The van der Waals surface area contributed by atoms with Gasteiger partial charge in [0, 0.05) is 18.0 Å². The fraction of sp³-hybridized carbons (Fsp3) is 0.571. The van der Waals surface area contributed by atoms with Gasteiger partial charge in [0.25, 0.3) is 0 Å². The Morgan fingerprint density at radius 3 is 2.94 bits per heavy atom. The number of hydrogen-bond acceptors (Lipinski definition) is 3. The Morgan fingerprint density at radius 2 is 2.24 bits per heavy atom. The van der Waals surface area contributed by atoms with E-state index in [1.165, 1.54) is 0 Å².